The van der Waals surface area contributed by atoms with Crippen molar-refractivity contribution in [2.75, 3.05) is 6.61 Å². The first kappa shape index (κ1) is 16.3. The number of hydrogen-bond donors (Lipinski definition) is 1. The maximum atomic E-state index is 12.8. The molecule has 1 N–H and O–H groups in total. The van der Waals surface area contributed by atoms with Crippen LogP contribution in [-0.4, -0.2) is 33.5 Å². The van der Waals surface area contributed by atoms with E-state index >= 15 is 0 Å². The molecule has 2 aromatic rings. The average Bonchev–Trinajstić information content (AvgIpc) is 3.29. The zero-order chi connectivity index (χ0) is 17.2. The molecule has 25 heavy (non-hydrogen) atoms. The molecule has 2 aliphatic rings. The van der Waals surface area contributed by atoms with Crippen LogP contribution in [0.1, 0.15) is 66.1 Å². The van der Waals surface area contributed by atoms with E-state index in [1.54, 1.807) is 0 Å². The number of carbonyl (C=O) groups excluding carboxylic acids is 1. The van der Waals surface area contributed by atoms with Crippen molar-refractivity contribution in [3.05, 3.63) is 35.0 Å². The maximum Gasteiger partial charge on any atom is 0.274 e. The molecule has 0 unspecified atom stereocenters. The van der Waals surface area contributed by atoms with Crippen LogP contribution in [0.5, 0.6) is 0 Å². The maximum absolute atomic E-state index is 12.8. The second-order valence-electron chi connectivity index (χ2n) is 6.78. The van der Waals surface area contributed by atoms with E-state index in [0.717, 1.165) is 62.0 Å². The van der Waals surface area contributed by atoms with Gasteiger partial charge in [0.25, 0.3) is 5.91 Å². The topological polar surface area (TPSA) is 82.2 Å². The summed E-state index contributed by atoms with van der Waals surface area (Å²) in [5, 5.41) is 11.5. The number of hydrogen-bond acceptors (Lipinski definition) is 5. The van der Waals surface area contributed by atoms with Crippen molar-refractivity contribution in [3.63, 3.8) is 0 Å². The second kappa shape index (κ2) is 7.00. The van der Waals surface area contributed by atoms with Crippen LogP contribution in [0.2, 0.25) is 0 Å². The second-order valence-corrected chi connectivity index (χ2v) is 6.78. The average molecular weight is 344 g/mol. The van der Waals surface area contributed by atoms with Gasteiger partial charge in [-0.15, -0.1) is 0 Å². The molecule has 0 aromatic carbocycles. The Kier molecular flexibility index (Phi) is 4.57. The Morgan fingerprint density at radius 1 is 1.36 bits per heavy atom. The molecule has 1 aliphatic carbocycles. The van der Waals surface area contributed by atoms with Gasteiger partial charge in [0, 0.05) is 36.9 Å². The number of amides is 1. The van der Waals surface area contributed by atoms with Crippen molar-refractivity contribution in [1.29, 1.82) is 0 Å². The monoisotopic (exact) mass is 344 g/mol. The molecule has 134 valence electrons. The zero-order valence-electron chi connectivity index (χ0n) is 14.5. The van der Waals surface area contributed by atoms with Gasteiger partial charge in [-0.25, -0.2) is 0 Å². The number of aryl methyl sites for hydroxylation is 2. The number of aromatic nitrogens is 3. The molecule has 1 amide bonds. The Balaban J connectivity index is 1.51. The van der Waals surface area contributed by atoms with Gasteiger partial charge in [0.05, 0.1) is 12.2 Å². The number of ether oxygens (including phenoxy) is 1. The van der Waals surface area contributed by atoms with E-state index in [1.807, 2.05) is 24.0 Å². The molecule has 7 nitrogen and oxygen atoms in total. The number of fused-ring (bicyclic) bond motifs is 1. The Hall–Kier alpha value is -2.15. The summed E-state index contributed by atoms with van der Waals surface area (Å²) in [4.78, 5) is 12.8. The highest BCUT2D eigenvalue weighted by molar-refractivity contribution is 5.94. The third-order valence-electron chi connectivity index (χ3n) is 5.11. The largest absolute Gasteiger partial charge is 0.371 e. The third-order valence-corrected chi connectivity index (χ3v) is 5.11. The highest BCUT2D eigenvalue weighted by Gasteiger charge is 2.32. The van der Waals surface area contributed by atoms with Crippen molar-refractivity contribution in [1.82, 2.24) is 20.3 Å². The van der Waals surface area contributed by atoms with E-state index in [9.17, 15) is 4.79 Å². The number of carbonyl (C=O) groups is 1. The molecule has 0 spiro atoms. The van der Waals surface area contributed by atoms with Gasteiger partial charge in [-0.05, 0) is 39.0 Å². The van der Waals surface area contributed by atoms with Crippen LogP contribution < -0.4 is 5.32 Å². The SMILES string of the molecule is CCn1cc([C@@H]2OCCC[C@H]2NC(=O)c2noc3c2CCCC3)cn1. The van der Waals surface area contributed by atoms with Gasteiger partial charge < -0.3 is 14.6 Å². The highest BCUT2D eigenvalue weighted by Crippen LogP contribution is 2.29. The Labute approximate surface area is 146 Å². The lowest BCUT2D eigenvalue weighted by molar-refractivity contribution is -0.00960. The fraction of sp³-hybridized carbons (Fsp3) is 0.611. The molecular weight excluding hydrogens is 320 g/mol. The first-order valence-electron chi connectivity index (χ1n) is 9.18. The number of rotatable bonds is 4. The highest BCUT2D eigenvalue weighted by atomic mass is 16.5. The quantitative estimate of drug-likeness (QED) is 0.921. The lowest BCUT2D eigenvalue weighted by Crippen LogP contribution is -2.43. The van der Waals surface area contributed by atoms with Crippen LogP contribution in [0.25, 0.3) is 0 Å². The van der Waals surface area contributed by atoms with E-state index < -0.39 is 0 Å². The number of nitrogens with one attached hydrogen (secondary N) is 1. The van der Waals surface area contributed by atoms with E-state index in [2.05, 4.69) is 15.6 Å². The van der Waals surface area contributed by atoms with Crippen molar-refractivity contribution in [2.24, 2.45) is 0 Å². The molecule has 1 saturated heterocycles. The van der Waals surface area contributed by atoms with E-state index in [1.165, 1.54) is 0 Å². The smallest absolute Gasteiger partial charge is 0.274 e. The van der Waals surface area contributed by atoms with Crippen LogP contribution in [0, 0.1) is 0 Å². The fourth-order valence-corrected chi connectivity index (χ4v) is 3.76. The predicted molar refractivity (Wildman–Crippen MR) is 90.2 cm³/mol. The summed E-state index contributed by atoms with van der Waals surface area (Å²) in [5.74, 6) is 0.715. The molecule has 2 aromatic heterocycles. The standard InChI is InChI=1S/C18H24N4O3/c1-2-22-11-12(10-19-22)17-14(7-5-9-24-17)20-18(23)16-13-6-3-4-8-15(13)25-21-16/h10-11,14,17H,2-9H2,1H3,(H,20,23)/t14-,17+/m1/s1. The van der Waals surface area contributed by atoms with Crippen LogP contribution in [0.3, 0.4) is 0 Å². The molecule has 0 radical (unpaired) electrons. The molecule has 0 bridgehead atoms. The molecule has 1 aliphatic heterocycles. The molecule has 4 rings (SSSR count). The summed E-state index contributed by atoms with van der Waals surface area (Å²) in [6.07, 6.45) is 9.40. The minimum atomic E-state index is -0.166. The summed E-state index contributed by atoms with van der Waals surface area (Å²) in [5.41, 5.74) is 2.44. The first-order chi connectivity index (χ1) is 12.3. The van der Waals surface area contributed by atoms with Gasteiger partial charge in [0.1, 0.15) is 11.9 Å². The van der Waals surface area contributed by atoms with Crippen molar-refractivity contribution < 1.29 is 14.1 Å². The van der Waals surface area contributed by atoms with Gasteiger partial charge in [0.2, 0.25) is 0 Å². The van der Waals surface area contributed by atoms with Crippen molar-refractivity contribution >= 4 is 5.91 Å². The van der Waals surface area contributed by atoms with Crippen LogP contribution >= 0.6 is 0 Å². The molecule has 0 saturated carbocycles. The predicted octanol–water partition coefficient (Wildman–Crippen LogP) is 2.42. The lowest BCUT2D eigenvalue weighted by Gasteiger charge is -2.31. The lowest BCUT2D eigenvalue weighted by atomic mass is 9.95. The van der Waals surface area contributed by atoms with Gasteiger partial charge in [-0.2, -0.15) is 5.10 Å². The first-order valence-corrected chi connectivity index (χ1v) is 9.18. The van der Waals surface area contributed by atoms with Gasteiger partial charge in [0.15, 0.2) is 5.69 Å². The molecule has 3 heterocycles. The van der Waals surface area contributed by atoms with Crippen molar-refractivity contribution in [3.8, 4) is 0 Å². The van der Waals surface area contributed by atoms with Crippen LogP contribution in [0.4, 0.5) is 0 Å². The Morgan fingerprint density at radius 2 is 2.24 bits per heavy atom. The van der Waals surface area contributed by atoms with Gasteiger partial charge >= 0.3 is 0 Å². The summed E-state index contributed by atoms with van der Waals surface area (Å²) in [6.45, 7) is 3.56. The Bertz CT molecular complexity index is 751. The van der Waals surface area contributed by atoms with E-state index in [0.29, 0.717) is 12.3 Å². The molecule has 1 fully saturated rings. The van der Waals surface area contributed by atoms with Crippen LogP contribution in [-0.2, 0) is 24.1 Å². The van der Waals surface area contributed by atoms with Gasteiger partial charge in [-0.1, -0.05) is 5.16 Å². The number of nitrogens with zero attached hydrogens (tertiary/aromatic N) is 3. The molecular formula is C18H24N4O3. The minimum Gasteiger partial charge on any atom is -0.371 e. The molecule has 7 heteroatoms. The van der Waals surface area contributed by atoms with E-state index in [-0.39, 0.29) is 18.1 Å². The third kappa shape index (κ3) is 3.20. The Morgan fingerprint density at radius 3 is 3.08 bits per heavy atom. The van der Waals surface area contributed by atoms with Crippen molar-refractivity contribution in [2.45, 2.75) is 64.1 Å². The van der Waals surface area contributed by atoms with Gasteiger partial charge in [-0.3, -0.25) is 9.48 Å². The summed E-state index contributed by atoms with van der Waals surface area (Å²) in [6, 6.07) is -0.0771. The zero-order valence-corrected chi connectivity index (χ0v) is 14.5. The summed E-state index contributed by atoms with van der Waals surface area (Å²) in [7, 11) is 0. The van der Waals surface area contributed by atoms with Crippen LogP contribution in [0.15, 0.2) is 16.9 Å². The van der Waals surface area contributed by atoms with E-state index in [4.69, 9.17) is 9.26 Å². The minimum absolute atomic E-state index is 0.0771. The summed E-state index contributed by atoms with van der Waals surface area (Å²) >= 11 is 0. The summed E-state index contributed by atoms with van der Waals surface area (Å²) < 4.78 is 13.2. The fourth-order valence-electron chi connectivity index (χ4n) is 3.76. The molecule has 2 atom stereocenters. The normalized spacial score (nSPS) is 23.2.